The normalized spacial score (nSPS) is 20.0. The third-order valence-electron chi connectivity index (χ3n) is 3.41. The van der Waals surface area contributed by atoms with Crippen LogP contribution in [0.3, 0.4) is 0 Å². The van der Waals surface area contributed by atoms with Gasteiger partial charge >= 0.3 is 0 Å². The molecular formula is C13H28N2. The fourth-order valence-corrected chi connectivity index (χ4v) is 2.21. The first kappa shape index (κ1) is 13.0. The predicted octanol–water partition coefficient (Wildman–Crippen LogP) is 2.35. The molecule has 0 aliphatic carbocycles. The van der Waals surface area contributed by atoms with Gasteiger partial charge in [-0.25, -0.2) is 0 Å². The Morgan fingerprint density at radius 2 is 1.93 bits per heavy atom. The highest BCUT2D eigenvalue weighted by Gasteiger charge is 2.15. The summed E-state index contributed by atoms with van der Waals surface area (Å²) in [5.41, 5.74) is 0. The maximum atomic E-state index is 3.61. The van der Waals surface area contributed by atoms with Crippen LogP contribution in [-0.4, -0.2) is 38.1 Å². The zero-order valence-corrected chi connectivity index (χ0v) is 10.8. The zero-order valence-electron chi connectivity index (χ0n) is 10.8. The SMILES string of the molecule is CC(C)CCCNCC1CCN(C)CC1. The second kappa shape index (κ2) is 7.24. The maximum Gasteiger partial charge on any atom is -0.00187 e. The van der Waals surface area contributed by atoms with Gasteiger partial charge in [-0.05, 0) is 70.7 Å². The Bertz CT molecular complexity index is 149. The molecule has 1 aliphatic rings. The van der Waals surface area contributed by atoms with E-state index in [1.807, 2.05) is 0 Å². The highest BCUT2D eigenvalue weighted by atomic mass is 15.1. The fraction of sp³-hybridized carbons (Fsp3) is 1.00. The smallest absolute Gasteiger partial charge is 0.00187 e. The Kier molecular flexibility index (Phi) is 6.26. The van der Waals surface area contributed by atoms with Gasteiger partial charge in [0.15, 0.2) is 0 Å². The molecule has 0 spiro atoms. The second-order valence-electron chi connectivity index (χ2n) is 5.49. The molecule has 0 radical (unpaired) electrons. The van der Waals surface area contributed by atoms with Crippen LogP contribution in [-0.2, 0) is 0 Å². The van der Waals surface area contributed by atoms with Crippen molar-refractivity contribution in [2.75, 3.05) is 33.2 Å². The number of piperidine rings is 1. The Labute approximate surface area is 95.4 Å². The summed E-state index contributed by atoms with van der Waals surface area (Å²) in [6, 6.07) is 0. The van der Waals surface area contributed by atoms with E-state index in [2.05, 4.69) is 31.1 Å². The van der Waals surface area contributed by atoms with E-state index in [-0.39, 0.29) is 0 Å². The van der Waals surface area contributed by atoms with Crippen molar-refractivity contribution in [2.24, 2.45) is 11.8 Å². The topological polar surface area (TPSA) is 15.3 Å². The molecule has 0 aromatic heterocycles. The highest BCUT2D eigenvalue weighted by Crippen LogP contribution is 2.14. The molecule has 0 unspecified atom stereocenters. The van der Waals surface area contributed by atoms with Crippen LogP contribution in [0.4, 0.5) is 0 Å². The fourth-order valence-electron chi connectivity index (χ4n) is 2.21. The minimum Gasteiger partial charge on any atom is -0.316 e. The Hall–Kier alpha value is -0.0800. The van der Waals surface area contributed by atoms with Gasteiger partial charge in [0, 0.05) is 0 Å². The summed E-state index contributed by atoms with van der Waals surface area (Å²) in [6.45, 7) is 9.64. The van der Waals surface area contributed by atoms with Crippen molar-refractivity contribution in [3.05, 3.63) is 0 Å². The molecule has 0 aromatic carbocycles. The standard InChI is InChI=1S/C13H28N2/c1-12(2)5-4-8-14-11-13-6-9-15(3)10-7-13/h12-14H,4-11H2,1-3H3. The molecule has 1 aliphatic heterocycles. The van der Waals surface area contributed by atoms with E-state index in [1.54, 1.807) is 0 Å². The van der Waals surface area contributed by atoms with Gasteiger partial charge in [-0.3, -0.25) is 0 Å². The first-order chi connectivity index (χ1) is 7.18. The average molecular weight is 212 g/mol. The molecule has 0 atom stereocenters. The van der Waals surface area contributed by atoms with E-state index in [4.69, 9.17) is 0 Å². The summed E-state index contributed by atoms with van der Waals surface area (Å²) in [7, 11) is 2.23. The van der Waals surface area contributed by atoms with Gasteiger partial charge in [0.05, 0.1) is 0 Å². The van der Waals surface area contributed by atoms with Crippen LogP contribution < -0.4 is 5.32 Å². The van der Waals surface area contributed by atoms with Crippen molar-refractivity contribution in [1.82, 2.24) is 10.2 Å². The third-order valence-corrected chi connectivity index (χ3v) is 3.41. The third kappa shape index (κ3) is 6.16. The average Bonchev–Trinajstić information content (AvgIpc) is 2.20. The Balaban J connectivity index is 1.91. The molecule has 90 valence electrons. The van der Waals surface area contributed by atoms with Crippen LogP contribution in [0.1, 0.15) is 39.5 Å². The Morgan fingerprint density at radius 3 is 2.53 bits per heavy atom. The molecule has 1 N–H and O–H groups in total. The summed E-state index contributed by atoms with van der Waals surface area (Å²) in [6.07, 6.45) is 5.46. The summed E-state index contributed by atoms with van der Waals surface area (Å²) in [5.74, 6) is 1.79. The van der Waals surface area contributed by atoms with Gasteiger partial charge in [-0.2, -0.15) is 0 Å². The largest absolute Gasteiger partial charge is 0.316 e. The van der Waals surface area contributed by atoms with Crippen LogP contribution >= 0.6 is 0 Å². The van der Waals surface area contributed by atoms with E-state index in [0.29, 0.717) is 0 Å². The van der Waals surface area contributed by atoms with Gasteiger partial charge in [-0.15, -0.1) is 0 Å². The van der Waals surface area contributed by atoms with E-state index in [9.17, 15) is 0 Å². The molecule has 2 nitrogen and oxygen atoms in total. The lowest BCUT2D eigenvalue weighted by atomic mass is 9.97. The summed E-state index contributed by atoms with van der Waals surface area (Å²) in [4.78, 5) is 2.44. The van der Waals surface area contributed by atoms with Gasteiger partial charge in [0.2, 0.25) is 0 Å². The van der Waals surface area contributed by atoms with Crippen LogP contribution in [0.5, 0.6) is 0 Å². The molecule has 2 heteroatoms. The zero-order chi connectivity index (χ0) is 11.1. The molecule has 0 amide bonds. The molecule has 0 bridgehead atoms. The van der Waals surface area contributed by atoms with Crippen molar-refractivity contribution in [2.45, 2.75) is 39.5 Å². The van der Waals surface area contributed by atoms with Crippen molar-refractivity contribution >= 4 is 0 Å². The number of nitrogens with one attached hydrogen (secondary N) is 1. The molecule has 1 heterocycles. The van der Waals surface area contributed by atoms with Gasteiger partial charge in [0.25, 0.3) is 0 Å². The molecule has 1 fully saturated rings. The van der Waals surface area contributed by atoms with E-state index in [0.717, 1.165) is 11.8 Å². The van der Waals surface area contributed by atoms with Gasteiger partial charge < -0.3 is 10.2 Å². The molecule has 1 saturated heterocycles. The van der Waals surface area contributed by atoms with Crippen molar-refractivity contribution < 1.29 is 0 Å². The van der Waals surface area contributed by atoms with Crippen molar-refractivity contribution in [1.29, 1.82) is 0 Å². The summed E-state index contributed by atoms with van der Waals surface area (Å²) in [5, 5.41) is 3.61. The molecule has 0 saturated carbocycles. The molecule has 1 rings (SSSR count). The van der Waals surface area contributed by atoms with E-state index < -0.39 is 0 Å². The van der Waals surface area contributed by atoms with Crippen molar-refractivity contribution in [3.8, 4) is 0 Å². The van der Waals surface area contributed by atoms with Gasteiger partial charge in [-0.1, -0.05) is 13.8 Å². The molecule has 0 aromatic rings. The van der Waals surface area contributed by atoms with E-state index in [1.165, 1.54) is 51.9 Å². The lowest BCUT2D eigenvalue weighted by Gasteiger charge is -2.29. The first-order valence-corrected chi connectivity index (χ1v) is 6.57. The number of nitrogens with zero attached hydrogens (tertiary/aromatic N) is 1. The highest BCUT2D eigenvalue weighted by molar-refractivity contribution is 4.71. The molecular weight excluding hydrogens is 184 g/mol. The first-order valence-electron chi connectivity index (χ1n) is 6.57. The maximum absolute atomic E-state index is 3.61. The van der Waals surface area contributed by atoms with Gasteiger partial charge in [0.1, 0.15) is 0 Å². The predicted molar refractivity (Wildman–Crippen MR) is 67.2 cm³/mol. The molecule has 15 heavy (non-hydrogen) atoms. The number of hydrogen-bond donors (Lipinski definition) is 1. The van der Waals surface area contributed by atoms with Crippen LogP contribution in [0.2, 0.25) is 0 Å². The number of rotatable bonds is 6. The quantitative estimate of drug-likeness (QED) is 0.680. The number of hydrogen-bond acceptors (Lipinski definition) is 2. The van der Waals surface area contributed by atoms with Crippen LogP contribution in [0.25, 0.3) is 0 Å². The Morgan fingerprint density at radius 1 is 1.27 bits per heavy atom. The van der Waals surface area contributed by atoms with Crippen molar-refractivity contribution in [3.63, 3.8) is 0 Å². The minimum absolute atomic E-state index is 0.857. The summed E-state index contributed by atoms with van der Waals surface area (Å²) >= 11 is 0. The monoisotopic (exact) mass is 212 g/mol. The summed E-state index contributed by atoms with van der Waals surface area (Å²) < 4.78 is 0. The second-order valence-corrected chi connectivity index (χ2v) is 5.49. The van der Waals surface area contributed by atoms with E-state index >= 15 is 0 Å². The van der Waals surface area contributed by atoms with Crippen LogP contribution in [0, 0.1) is 11.8 Å². The minimum atomic E-state index is 0.857. The lowest BCUT2D eigenvalue weighted by Crippen LogP contribution is -2.35. The number of likely N-dealkylation sites (tertiary alicyclic amines) is 1. The van der Waals surface area contributed by atoms with Crippen LogP contribution in [0.15, 0.2) is 0 Å². The lowest BCUT2D eigenvalue weighted by molar-refractivity contribution is 0.216.